The van der Waals surface area contributed by atoms with Crippen molar-refractivity contribution in [2.75, 3.05) is 49.3 Å². The fourth-order valence-electron chi connectivity index (χ4n) is 4.86. The Hall–Kier alpha value is -3.85. The molecule has 9 nitrogen and oxygen atoms in total. The first-order chi connectivity index (χ1) is 17.5. The second-order valence-electron chi connectivity index (χ2n) is 9.04. The van der Waals surface area contributed by atoms with Crippen LogP contribution in [0, 0.1) is 5.92 Å². The molecule has 4 heterocycles. The lowest BCUT2D eigenvalue weighted by Crippen LogP contribution is -2.51. The monoisotopic (exact) mass is 505 g/mol. The zero-order valence-corrected chi connectivity index (χ0v) is 20.2. The van der Waals surface area contributed by atoms with Crippen molar-refractivity contribution in [1.29, 1.82) is 0 Å². The molecule has 10 heteroatoms. The maximum absolute atomic E-state index is 13.2. The molecule has 3 aliphatic heterocycles. The van der Waals surface area contributed by atoms with Crippen molar-refractivity contribution in [2.45, 2.75) is 6.42 Å². The average molecular weight is 506 g/mol. The average Bonchev–Trinajstić information content (AvgIpc) is 3.55. The van der Waals surface area contributed by atoms with E-state index in [4.69, 9.17) is 21.1 Å². The lowest BCUT2D eigenvalue weighted by atomic mass is 10.1. The second kappa shape index (κ2) is 9.31. The van der Waals surface area contributed by atoms with E-state index in [0.29, 0.717) is 43.5 Å². The second-order valence-corrected chi connectivity index (χ2v) is 9.48. The number of halogens is 1. The molecule has 2 fully saturated rings. The largest absolute Gasteiger partial charge is 0.454 e. The molecule has 0 radical (unpaired) electrons. The van der Waals surface area contributed by atoms with Gasteiger partial charge in [-0.3, -0.25) is 9.59 Å². The van der Waals surface area contributed by atoms with E-state index in [1.165, 1.54) is 0 Å². The molecule has 0 aliphatic carbocycles. The fraction of sp³-hybridized carbons (Fsp3) is 0.308. The van der Waals surface area contributed by atoms with Crippen molar-refractivity contribution < 1.29 is 19.1 Å². The summed E-state index contributed by atoms with van der Waals surface area (Å²) in [5.41, 5.74) is 2.43. The SMILES string of the molecule is O=C(C1CC(=O)N(c2ccc(Cl)cc2)C1)N1CCN(c2ccc(-c3ccc4c(c3)OCO4)nn2)CC1. The Balaban J connectivity index is 1.05. The molecule has 2 saturated heterocycles. The van der Waals surface area contributed by atoms with Crippen LogP contribution < -0.4 is 19.3 Å². The molecule has 1 atom stereocenters. The Morgan fingerprint density at radius 1 is 0.917 bits per heavy atom. The fourth-order valence-corrected chi connectivity index (χ4v) is 4.99. The van der Waals surface area contributed by atoms with Crippen LogP contribution in [-0.2, 0) is 9.59 Å². The van der Waals surface area contributed by atoms with E-state index in [1.54, 1.807) is 17.0 Å². The molecule has 2 aromatic carbocycles. The Kier molecular flexibility index (Phi) is 5.85. The molecule has 36 heavy (non-hydrogen) atoms. The number of amides is 2. The van der Waals surface area contributed by atoms with Crippen molar-refractivity contribution in [2.24, 2.45) is 5.92 Å². The standard InChI is InChI=1S/C26H24ClN5O4/c27-19-2-4-20(5-3-19)32-15-18(14-25(32)33)26(34)31-11-9-30(10-12-31)24-8-6-21(28-29-24)17-1-7-22-23(13-17)36-16-35-22/h1-8,13,18H,9-12,14-16H2. The van der Waals surface area contributed by atoms with Gasteiger partial charge in [-0.05, 0) is 54.6 Å². The van der Waals surface area contributed by atoms with Crippen molar-refractivity contribution in [3.05, 3.63) is 59.6 Å². The number of anilines is 2. The number of benzene rings is 2. The van der Waals surface area contributed by atoms with Gasteiger partial charge in [0.15, 0.2) is 17.3 Å². The van der Waals surface area contributed by atoms with E-state index in [2.05, 4.69) is 15.1 Å². The summed E-state index contributed by atoms with van der Waals surface area (Å²) in [6.45, 7) is 3.10. The van der Waals surface area contributed by atoms with Crippen LogP contribution in [0.15, 0.2) is 54.6 Å². The summed E-state index contributed by atoms with van der Waals surface area (Å²) in [7, 11) is 0. The summed E-state index contributed by atoms with van der Waals surface area (Å²) in [4.78, 5) is 31.4. The highest BCUT2D eigenvalue weighted by Gasteiger charge is 2.38. The summed E-state index contributed by atoms with van der Waals surface area (Å²) >= 11 is 5.96. The minimum atomic E-state index is -0.333. The van der Waals surface area contributed by atoms with Gasteiger partial charge in [-0.2, -0.15) is 0 Å². The number of nitrogens with zero attached hydrogens (tertiary/aromatic N) is 5. The third-order valence-corrected chi connectivity index (χ3v) is 7.10. The van der Waals surface area contributed by atoms with E-state index in [1.807, 2.05) is 47.4 Å². The third kappa shape index (κ3) is 4.30. The Morgan fingerprint density at radius 3 is 2.44 bits per heavy atom. The number of carbonyl (C=O) groups is 2. The van der Waals surface area contributed by atoms with E-state index >= 15 is 0 Å². The molecule has 1 aromatic heterocycles. The van der Waals surface area contributed by atoms with Gasteiger partial charge in [0, 0.05) is 55.4 Å². The van der Waals surface area contributed by atoms with Gasteiger partial charge in [-0.15, -0.1) is 10.2 Å². The number of hydrogen-bond donors (Lipinski definition) is 0. The number of rotatable bonds is 4. The summed E-state index contributed by atoms with van der Waals surface area (Å²) in [6, 6.07) is 16.7. The van der Waals surface area contributed by atoms with Crippen molar-refractivity contribution in [3.63, 3.8) is 0 Å². The van der Waals surface area contributed by atoms with Crippen LogP contribution in [0.1, 0.15) is 6.42 Å². The van der Waals surface area contributed by atoms with Crippen LogP contribution in [0.2, 0.25) is 5.02 Å². The molecule has 184 valence electrons. The number of piperazine rings is 1. The van der Waals surface area contributed by atoms with Gasteiger partial charge >= 0.3 is 0 Å². The van der Waals surface area contributed by atoms with E-state index in [9.17, 15) is 9.59 Å². The molecule has 3 aromatic rings. The van der Waals surface area contributed by atoms with Gasteiger partial charge in [0.1, 0.15) is 0 Å². The molecule has 0 saturated carbocycles. The van der Waals surface area contributed by atoms with Crippen LogP contribution in [0.25, 0.3) is 11.3 Å². The Bertz CT molecular complexity index is 1290. The summed E-state index contributed by atoms with van der Waals surface area (Å²) in [6.07, 6.45) is 0.231. The zero-order chi connectivity index (χ0) is 24.6. The molecular formula is C26H24ClN5O4. The third-order valence-electron chi connectivity index (χ3n) is 6.85. The molecule has 0 N–H and O–H groups in total. The minimum absolute atomic E-state index is 0.0312. The highest BCUT2D eigenvalue weighted by molar-refractivity contribution is 6.30. The number of carbonyl (C=O) groups excluding carboxylic acids is 2. The first-order valence-electron chi connectivity index (χ1n) is 11.9. The van der Waals surface area contributed by atoms with Gasteiger partial charge < -0.3 is 24.2 Å². The highest BCUT2D eigenvalue weighted by Crippen LogP contribution is 2.35. The minimum Gasteiger partial charge on any atom is -0.454 e. The maximum atomic E-state index is 13.2. The predicted octanol–water partition coefficient (Wildman–Crippen LogP) is 3.23. The molecule has 0 spiro atoms. The normalized spacial score (nSPS) is 19.2. The first kappa shape index (κ1) is 22.6. The Labute approximate surface area is 213 Å². The quantitative estimate of drug-likeness (QED) is 0.538. The van der Waals surface area contributed by atoms with Gasteiger partial charge in [0.05, 0.1) is 11.6 Å². The van der Waals surface area contributed by atoms with Crippen LogP contribution in [-0.4, -0.2) is 66.4 Å². The van der Waals surface area contributed by atoms with Gasteiger partial charge in [0.2, 0.25) is 18.6 Å². The van der Waals surface area contributed by atoms with Crippen molar-refractivity contribution >= 4 is 34.9 Å². The van der Waals surface area contributed by atoms with Gasteiger partial charge in [-0.1, -0.05) is 11.6 Å². The zero-order valence-electron chi connectivity index (χ0n) is 19.5. The van der Waals surface area contributed by atoms with Gasteiger partial charge in [0.25, 0.3) is 0 Å². The summed E-state index contributed by atoms with van der Waals surface area (Å²) in [5, 5.41) is 9.43. The lowest BCUT2D eigenvalue weighted by Gasteiger charge is -2.36. The number of aromatic nitrogens is 2. The van der Waals surface area contributed by atoms with E-state index < -0.39 is 0 Å². The molecule has 2 amide bonds. The molecule has 0 bridgehead atoms. The predicted molar refractivity (Wildman–Crippen MR) is 134 cm³/mol. The smallest absolute Gasteiger partial charge is 0.231 e. The lowest BCUT2D eigenvalue weighted by molar-refractivity contribution is -0.136. The van der Waals surface area contributed by atoms with Crippen LogP contribution in [0.4, 0.5) is 11.5 Å². The first-order valence-corrected chi connectivity index (χ1v) is 12.3. The summed E-state index contributed by atoms with van der Waals surface area (Å²) < 4.78 is 10.8. The molecule has 3 aliphatic rings. The van der Waals surface area contributed by atoms with Crippen molar-refractivity contribution in [1.82, 2.24) is 15.1 Å². The summed E-state index contributed by atoms with van der Waals surface area (Å²) in [5.74, 6) is 1.88. The molecule has 6 rings (SSSR count). The van der Waals surface area contributed by atoms with Crippen molar-refractivity contribution in [3.8, 4) is 22.8 Å². The van der Waals surface area contributed by atoms with Crippen LogP contribution in [0.3, 0.4) is 0 Å². The number of ether oxygens (including phenoxy) is 2. The highest BCUT2D eigenvalue weighted by atomic mass is 35.5. The topological polar surface area (TPSA) is 88.1 Å². The van der Waals surface area contributed by atoms with Crippen LogP contribution >= 0.6 is 11.6 Å². The molecular weight excluding hydrogens is 482 g/mol. The van der Waals surface area contributed by atoms with Gasteiger partial charge in [-0.25, -0.2) is 0 Å². The maximum Gasteiger partial charge on any atom is 0.231 e. The Morgan fingerprint density at radius 2 is 1.69 bits per heavy atom. The number of fused-ring (bicyclic) bond motifs is 1. The van der Waals surface area contributed by atoms with E-state index in [-0.39, 0.29) is 30.9 Å². The number of hydrogen-bond acceptors (Lipinski definition) is 7. The van der Waals surface area contributed by atoms with E-state index in [0.717, 1.165) is 28.5 Å². The van der Waals surface area contributed by atoms with Crippen LogP contribution in [0.5, 0.6) is 11.5 Å². The molecule has 1 unspecified atom stereocenters.